The molecule has 2 aromatic rings. The molecule has 1 unspecified atom stereocenters. The number of anilines is 1. The first-order chi connectivity index (χ1) is 10.6. The maximum atomic E-state index is 10.8. The number of para-hydroxylation sites is 1. The van der Waals surface area contributed by atoms with Gasteiger partial charge in [-0.05, 0) is 17.7 Å². The fourth-order valence-electron chi connectivity index (χ4n) is 2.89. The van der Waals surface area contributed by atoms with Crippen LogP contribution in [0.25, 0.3) is 0 Å². The normalized spacial score (nSPS) is 16.4. The van der Waals surface area contributed by atoms with Gasteiger partial charge in [-0.1, -0.05) is 31.2 Å². The molecule has 114 valence electrons. The molecule has 1 aliphatic heterocycles. The summed E-state index contributed by atoms with van der Waals surface area (Å²) in [6, 6.07) is 14.7. The van der Waals surface area contributed by atoms with E-state index in [1.165, 1.54) is 23.4 Å². The van der Waals surface area contributed by atoms with Crippen LogP contribution in [0.3, 0.4) is 0 Å². The van der Waals surface area contributed by atoms with Gasteiger partial charge in [-0.3, -0.25) is 10.1 Å². The van der Waals surface area contributed by atoms with Crippen LogP contribution in [0.4, 0.5) is 11.4 Å². The van der Waals surface area contributed by atoms with Crippen LogP contribution < -0.4 is 9.64 Å². The van der Waals surface area contributed by atoms with Crippen molar-refractivity contribution < 1.29 is 9.66 Å². The third kappa shape index (κ3) is 2.88. The second-order valence-corrected chi connectivity index (χ2v) is 5.51. The number of hydrogen-bond acceptors (Lipinski definition) is 4. The van der Waals surface area contributed by atoms with E-state index < -0.39 is 4.92 Å². The maximum absolute atomic E-state index is 10.8. The van der Waals surface area contributed by atoms with Crippen molar-refractivity contribution in [2.24, 2.45) is 0 Å². The molecule has 2 aromatic carbocycles. The lowest BCUT2D eigenvalue weighted by Crippen LogP contribution is -2.26. The van der Waals surface area contributed by atoms with Gasteiger partial charge in [0.25, 0.3) is 5.69 Å². The summed E-state index contributed by atoms with van der Waals surface area (Å²) in [6.45, 7) is 4.48. The minimum Gasteiger partial charge on any atom is -0.491 e. The number of nitro groups is 1. The van der Waals surface area contributed by atoms with Crippen LogP contribution in [0.5, 0.6) is 5.75 Å². The Labute approximate surface area is 129 Å². The first kappa shape index (κ1) is 14.4. The molecule has 1 atom stereocenters. The molecular formula is C17H18N2O3. The van der Waals surface area contributed by atoms with Gasteiger partial charge in [0, 0.05) is 24.2 Å². The van der Waals surface area contributed by atoms with Crippen molar-refractivity contribution in [2.45, 2.75) is 12.8 Å². The molecule has 0 aliphatic carbocycles. The molecule has 0 radical (unpaired) electrons. The zero-order chi connectivity index (χ0) is 15.5. The lowest BCUT2D eigenvalue weighted by atomic mass is 10.0. The molecule has 0 aromatic heterocycles. The van der Waals surface area contributed by atoms with Crippen molar-refractivity contribution in [3.8, 4) is 5.75 Å². The summed E-state index contributed by atoms with van der Waals surface area (Å²) in [7, 11) is 0. The van der Waals surface area contributed by atoms with E-state index in [-0.39, 0.29) is 5.69 Å². The van der Waals surface area contributed by atoms with Crippen LogP contribution in [-0.2, 0) is 0 Å². The molecule has 1 heterocycles. The van der Waals surface area contributed by atoms with Gasteiger partial charge in [0.05, 0.1) is 17.5 Å². The highest BCUT2D eigenvalue weighted by Crippen LogP contribution is 2.35. The summed E-state index contributed by atoms with van der Waals surface area (Å²) < 4.78 is 5.66. The van der Waals surface area contributed by atoms with Crippen LogP contribution in [0.15, 0.2) is 48.5 Å². The Kier molecular flexibility index (Phi) is 3.96. The molecular weight excluding hydrogens is 280 g/mol. The van der Waals surface area contributed by atoms with E-state index in [1.54, 1.807) is 12.1 Å². The third-order valence-electron chi connectivity index (χ3n) is 3.96. The molecule has 5 nitrogen and oxygen atoms in total. The highest BCUT2D eigenvalue weighted by atomic mass is 16.6. The number of ether oxygens (including phenoxy) is 1. The number of fused-ring (bicyclic) bond motifs is 1. The highest BCUT2D eigenvalue weighted by molar-refractivity contribution is 5.59. The van der Waals surface area contributed by atoms with E-state index in [0.717, 1.165) is 13.1 Å². The average molecular weight is 298 g/mol. The van der Waals surface area contributed by atoms with E-state index in [4.69, 9.17) is 4.74 Å². The SMILES string of the molecule is CC1CN(CCOc2cccc([N+](=O)[O-])c2)c2ccccc21. The Hall–Kier alpha value is -2.56. The number of nitro benzene ring substituents is 1. The smallest absolute Gasteiger partial charge is 0.273 e. The molecule has 0 saturated heterocycles. The van der Waals surface area contributed by atoms with Crippen molar-refractivity contribution in [2.75, 3.05) is 24.6 Å². The molecule has 22 heavy (non-hydrogen) atoms. The van der Waals surface area contributed by atoms with Gasteiger partial charge in [0.15, 0.2) is 0 Å². The monoisotopic (exact) mass is 298 g/mol. The number of nitrogens with zero attached hydrogens (tertiary/aromatic N) is 2. The molecule has 3 rings (SSSR count). The molecule has 0 N–H and O–H groups in total. The highest BCUT2D eigenvalue weighted by Gasteiger charge is 2.24. The van der Waals surface area contributed by atoms with Gasteiger partial charge in [0.1, 0.15) is 12.4 Å². The van der Waals surface area contributed by atoms with Crippen molar-refractivity contribution in [1.82, 2.24) is 0 Å². The summed E-state index contributed by atoms with van der Waals surface area (Å²) >= 11 is 0. The zero-order valence-electron chi connectivity index (χ0n) is 12.4. The summed E-state index contributed by atoms with van der Waals surface area (Å²) in [4.78, 5) is 12.6. The second-order valence-electron chi connectivity index (χ2n) is 5.51. The van der Waals surface area contributed by atoms with E-state index in [9.17, 15) is 10.1 Å². The van der Waals surface area contributed by atoms with Gasteiger partial charge < -0.3 is 9.64 Å². The van der Waals surface area contributed by atoms with Crippen LogP contribution in [0.1, 0.15) is 18.4 Å². The molecule has 5 heteroatoms. The topological polar surface area (TPSA) is 55.6 Å². The number of non-ortho nitro benzene ring substituents is 1. The van der Waals surface area contributed by atoms with Crippen molar-refractivity contribution in [3.05, 3.63) is 64.2 Å². The number of rotatable bonds is 5. The van der Waals surface area contributed by atoms with Crippen molar-refractivity contribution >= 4 is 11.4 Å². The fraction of sp³-hybridized carbons (Fsp3) is 0.294. The zero-order valence-corrected chi connectivity index (χ0v) is 12.4. The van der Waals surface area contributed by atoms with E-state index in [0.29, 0.717) is 18.3 Å². The van der Waals surface area contributed by atoms with Gasteiger partial charge in [0.2, 0.25) is 0 Å². The van der Waals surface area contributed by atoms with Gasteiger partial charge in [-0.2, -0.15) is 0 Å². The average Bonchev–Trinajstić information content (AvgIpc) is 2.85. The van der Waals surface area contributed by atoms with Gasteiger partial charge >= 0.3 is 0 Å². The summed E-state index contributed by atoms with van der Waals surface area (Å²) in [6.07, 6.45) is 0. The Morgan fingerprint density at radius 3 is 2.91 bits per heavy atom. The lowest BCUT2D eigenvalue weighted by molar-refractivity contribution is -0.384. The molecule has 0 amide bonds. The molecule has 0 bridgehead atoms. The van der Waals surface area contributed by atoms with Crippen LogP contribution >= 0.6 is 0 Å². The van der Waals surface area contributed by atoms with Crippen molar-refractivity contribution in [1.29, 1.82) is 0 Å². The van der Waals surface area contributed by atoms with Crippen LogP contribution in [0.2, 0.25) is 0 Å². The Bertz CT molecular complexity index is 687. The van der Waals surface area contributed by atoms with E-state index in [1.807, 2.05) is 6.07 Å². The predicted octanol–water partition coefficient (Wildman–Crippen LogP) is 3.60. The fourth-order valence-corrected chi connectivity index (χ4v) is 2.89. The maximum Gasteiger partial charge on any atom is 0.273 e. The first-order valence-corrected chi connectivity index (χ1v) is 7.36. The summed E-state index contributed by atoms with van der Waals surface area (Å²) in [5, 5.41) is 10.8. The lowest BCUT2D eigenvalue weighted by Gasteiger charge is -2.19. The van der Waals surface area contributed by atoms with Gasteiger partial charge in [-0.15, -0.1) is 0 Å². The van der Waals surface area contributed by atoms with Gasteiger partial charge in [-0.25, -0.2) is 0 Å². The molecule has 0 saturated carbocycles. The van der Waals surface area contributed by atoms with Crippen LogP contribution in [0, 0.1) is 10.1 Å². The molecule has 0 fully saturated rings. The minimum absolute atomic E-state index is 0.0534. The quantitative estimate of drug-likeness (QED) is 0.625. The Morgan fingerprint density at radius 1 is 1.27 bits per heavy atom. The number of benzene rings is 2. The minimum atomic E-state index is -0.411. The van der Waals surface area contributed by atoms with Crippen molar-refractivity contribution in [3.63, 3.8) is 0 Å². The van der Waals surface area contributed by atoms with E-state index >= 15 is 0 Å². The second kappa shape index (κ2) is 6.05. The summed E-state index contributed by atoms with van der Waals surface area (Å²) in [5.41, 5.74) is 2.69. The number of hydrogen-bond donors (Lipinski definition) is 0. The first-order valence-electron chi connectivity index (χ1n) is 7.36. The molecule has 0 spiro atoms. The largest absolute Gasteiger partial charge is 0.491 e. The Balaban J connectivity index is 1.60. The third-order valence-corrected chi connectivity index (χ3v) is 3.96. The predicted molar refractivity (Wildman–Crippen MR) is 85.7 cm³/mol. The van der Waals surface area contributed by atoms with Crippen LogP contribution in [-0.4, -0.2) is 24.6 Å². The Morgan fingerprint density at radius 2 is 2.09 bits per heavy atom. The van der Waals surface area contributed by atoms with E-state index in [2.05, 4.69) is 30.0 Å². The standard InChI is InChI=1S/C17H18N2O3/c1-13-12-18(17-8-3-2-7-16(13)17)9-10-22-15-6-4-5-14(11-15)19(20)21/h2-8,11,13H,9-10,12H2,1H3. The summed E-state index contributed by atoms with van der Waals surface area (Å²) in [5.74, 6) is 1.06. The molecule has 1 aliphatic rings.